The zero-order valence-corrected chi connectivity index (χ0v) is 32.4. The van der Waals surface area contributed by atoms with Crippen molar-refractivity contribution >= 4 is 5.91 Å². The molecule has 0 saturated carbocycles. The number of ether oxygens (including phenoxy) is 4. The Hall–Kier alpha value is -1.79. The molecule has 2 saturated heterocycles. The van der Waals surface area contributed by atoms with Crippen molar-refractivity contribution in [3.8, 4) is 0 Å². The Balaban J connectivity index is 1.96. The maximum atomic E-state index is 13.0. The van der Waals surface area contributed by atoms with Crippen LogP contribution in [0.4, 0.5) is 0 Å². The van der Waals surface area contributed by atoms with Crippen LogP contribution < -0.4 is 5.32 Å². The minimum atomic E-state index is -1.79. The Labute approximate surface area is 321 Å². The quantitative estimate of drug-likeness (QED) is 0.0412. The van der Waals surface area contributed by atoms with Gasteiger partial charge in [-0.3, -0.25) is 4.79 Å². The summed E-state index contributed by atoms with van der Waals surface area (Å²) in [4.78, 5) is 13.0. The number of hydrogen-bond donors (Lipinski definition) is 9. The number of amides is 1. The molecule has 54 heavy (non-hydrogen) atoms. The molecule has 0 aromatic carbocycles. The second kappa shape index (κ2) is 28.6. The first-order valence-electron chi connectivity index (χ1n) is 20.2. The fourth-order valence-corrected chi connectivity index (χ4v) is 6.50. The topological polar surface area (TPSA) is 228 Å². The SMILES string of the molecule is C/C=C/CC/C=C/CC/C=C/C(O)C(COC1OC(CO)C(OC2OC(CO)C(O)C(O)C2O)C(O)C1O)NC(=O)CCCCCCCCCCCCC. The van der Waals surface area contributed by atoms with Crippen molar-refractivity contribution in [1.82, 2.24) is 5.32 Å². The van der Waals surface area contributed by atoms with Crippen LogP contribution in [-0.2, 0) is 23.7 Å². The number of carbonyl (C=O) groups is 1. The smallest absolute Gasteiger partial charge is 0.220 e. The van der Waals surface area contributed by atoms with Crippen molar-refractivity contribution in [2.45, 2.75) is 190 Å². The van der Waals surface area contributed by atoms with Gasteiger partial charge >= 0.3 is 0 Å². The number of hydrogen-bond acceptors (Lipinski definition) is 13. The molecule has 0 spiro atoms. The van der Waals surface area contributed by atoms with Crippen molar-refractivity contribution in [1.29, 1.82) is 0 Å². The summed E-state index contributed by atoms with van der Waals surface area (Å²) in [5, 5.41) is 86.0. The van der Waals surface area contributed by atoms with Crippen LogP contribution >= 0.6 is 0 Å². The molecular weight excluding hydrogens is 702 g/mol. The van der Waals surface area contributed by atoms with Gasteiger partial charge in [0.05, 0.1) is 32.0 Å². The summed E-state index contributed by atoms with van der Waals surface area (Å²) in [7, 11) is 0. The van der Waals surface area contributed by atoms with Crippen molar-refractivity contribution in [2.24, 2.45) is 0 Å². The lowest BCUT2D eigenvalue weighted by Gasteiger charge is -2.46. The summed E-state index contributed by atoms with van der Waals surface area (Å²) in [6.07, 6.45) is 11.0. The van der Waals surface area contributed by atoms with Gasteiger partial charge in [0.2, 0.25) is 5.91 Å². The van der Waals surface area contributed by atoms with E-state index in [2.05, 4.69) is 30.5 Å². The molecule has 12 unspecified atom stereocenters. The maximum Gasteiger partial charge on any atom is 0.220 e. The Morgan fingerprint density at radius 2 is 1.22 bits per heavy atom. The fourth-order valence-electron chi connectivity index (χ4n) is 6.50. The predicted octanol–water partition coefficient (Wildman–Crippen LogP) is 2.42. The number of aliphatic hydroxyl groups is 8. The molecule has 14 heteroatoms. The number of rotatable bonds is 28. The molecule has 2 aliphatic rings. The average molecular weight is 774 g/mol. The third-order valence-corrected chi connectivity index (χ3v) is 9.90. The molecule has 1 amide bonds. The van der Waals surface area contributed by atoms with Gasteiger partial charge in [-0.05, 0) is 39.0 Å². The van der Waals surface area contributed by atoms with Gasteiger partial charge in [0.15, 0.2) is 12.6 Å². The van der Waals surface area contributed by atoms with E-state index in [4.69, 9.17) is 18.9 Å². The lowest BCUT2D eigenvalue weighted by Crippen LogP contribution is -2.65. The van der Waals surface area contributed by atoms with Gasteiger partial charge in [-0.2, -0.15) is 0 Å². The van der Waals surface area contributed by atoms with Crippen LogP contribution in [0.5, 0.6) is 0 Å². The summed E-state index contributed by atoms with van der Waals surface area (Å²) in [6.45, 7) is 2.46. The second-order valence-corrected chi connectivity index (χ2v) is 14.4. The van der Waals surface area contributed by atoms with Gasteiger partial charge in [0.1, 0.15) is 48.8 Å². The number of carbonyl (C=O) groups excluding carboxylic acids is 1. The molecule has 2 rings (SSSR count). The van der Waals surface area contributed by atoms with E-state index in [0.29, 0.717) is 12.8 Å². The van der Waals surface area contributed by atoms with Gasteiger partial charge in [-0.15, -0.1) is 0 Å². The summed E-state index contributed by atoms with van der Waals surface area (Å²) in [6, 6.07) is -0.929. The highest BCUT2D eigenvalue weighted by Gasteiger charge is 2.50. The molecule has 2 aliphatic heterocycles. The minimum Gasteiger partial charge on any atom is -0.394 e. The Bertz CT molecular complexity index is 1060. The van der Waals surface area contributed by atoms with Gasteiger partial charge in [0.25, 0.3) is 0 Å². The highest BCUT2D eigenvalue weighted by molar-refractivity contribution is 5.76. The monoisotopic (exact) mass is 773 g/mol. The Kier molecular flexibility index (Phi) is 25.6. The summed E-state index contributed by atoms with van der Waals surface area (Å²) >= 11 is 0. The minimum absolute atomic E-state index is 0.262. The van der Waals surface area contributed by atoms with E-state index in [0.717, 1.165) is 38.5 Å². The number of nitrogens with one attached hydrogen (secondary N) is 1. The number of unbranched alkanes of at least 4 members (excludes halogenated alkanes) is 12. The second-order valence-electron chi connectivity index (χ2n) is 14.4. The normalized spacial score (nSPS) is 30.4. The van der Waals surface area contributed by atoms with Gasteiger partial charge in [0, 0.05) is 6.42 Å². The van der Waals surface area contributed by atoms with E-state index in [9.17, 15) is 45.6 Å². The standard InChI is InChI=1S/C40H71NO13/c1-3-5-7-9-11-13-14-16-18-20-22-24-32(45)41-28(29(44)23-21-19-17-15-12-10-8-6-4-2)27-51-39-37(50)35(48)38(31(26-43)53-39)54-40-36(49)34(47)33(46)30(25-42)52-40/h4,6,12,15,21,23,28-31,33-40,42-44,46-50H,3,5,7-11,13-14,16-20,22,24-27H2,1-2H3,(H,41,45)/b6-4+,15-12+,23-21+. The first kappa shape index (κ1) is 48.4. The predicted molar refractivity (Wildman–Crippen MR) is 203 cm³/mol. The van der Waals surface area contributed by atoms with Gasteiger partial charge < -0.3 is 65.1 Å². The van der Waals surface area contributed by atoms with Crippen LogP contribution in [0.3, 0.4) is 0 Å². The third kappa shape index (κ3) is 17.6. The molecule has 12 atom stereocenters. The highest BCUT2D eigenvalue weighted by atomic mass is 16.7. The molecule has 9 N–H and O–H groups in total. The van der Waals surface area contributed by atoms with Gasteiger partial charge in [-0.1, -0.05) is 108 Å². The average Bonchev–Trinajstić information content (AvgIpc) is 3.17. The first-order valence-corrected chi connectivity index (χ1v) is 20.2. The molecule has 2 heterocycles. The van der Waals surface area contributed by atoms with E-state index in [1.807, 2.05) is 19.1 Å². The summed E-state index contributed by atoms with van der Waals surface area (Å²) in [5.41, 5.74) is 0. The van der Waals surface area contributed by atoms with Crippen molar-refractivity contribution in [3.05, 3.63) is 36.5 Å². The molecule has 0 radical (unpaired) electrons. The van der Waals surface area contributed by atoms with Crippen LogP contribution in [0.15, 0.2) is 36.5 Å². The maximum absolute atomic E-state index is 13.0. The Morgan fingerprint density at radius 3 is 1.81 bits per heavy atom. The zero-order valence-electron chi connectivity index (χ0n) is 32.4. The third-order valence-electron chi connectivity index (χ3n) is 9.90. The van der Waals surface area contributed by atoms with E-state index < -0.39 is 86.8 Å². The molecular formula is C40H71NO13. The fraction of sp³-hybridized carbons (Fsp3) is 0.825. The molecule has 0 aromatic heterocycles. The first-order chi connectivity index (χ1) is 26.1. The van der Waals surface area contributed by atoms with Crippen molar-refractivity contribution < 1.29 is 64.6 Å². The molecule has 314 valence electrons. The highest BCUT2D eigenvalue weighted by Crippen LogP contribution is 2.29. The number of allylic oxidation sites excluding steroid dienone is 5. The van der Waals surface area contributed by atoms with Crippen LogP contribution in [-0.4, -0.2) is 140 Å². The van der Waals surface area contributed by atoms with Crippen molar-refractivity contribution in [2.75, 3.05) is 19.8 Å². The van der Waals surface area contributed by atoms with Crippen LogP contribution in [0.1, 0.15) is 117 Å². The van der Waals surface area contributed by atoms with Crippen LogP contribution in [0.25, 0.3) is 0 Å². The Morgan fingerprint density at radius 1 is 0.685 bits per heavy atom. The number of aliphatic hydroxyl groups excluding tert-OH is 8. The van der Waals surface area contributed by atoms with E-state index in [-0.39, 0.29) is 18.9 Å². The largest absolute Gasteiger partial charge is 0.394 e. The van der Waals surface area contributed by atoms with Crippen molar-refractivity contribution in [3.63, 3.8) is 0 Å². The van der Waals surface area contributed by atoms with Crippen LogP contribution in [0.2, 0.25) is 0 Å². The van der Waals surface area contributed by atoms with E-state index >= 15 is 0 Å². The van der Waals surface area contributed by atoms with Crippen LogP contribution in [0, 0.1) is 0 Å². The lowest BCUT2D eigenvalue weighted by molar-refractivity contribution is -0.359. The van der Waals surface area contributed by atoms with E-state index in [1.165, 1.54) is 44.9 Å². The molecule has 0 aromatic rings. The van der Waals surface area contributed by atoms with E-state index in [1.54, 1.807) is 6.08 Å². The molecule has 14 nitrogen and oxygen atoms in total. The summed E-state index contributed by atoms with van der Waals surface area (Å²) < 4.78 is 22.5. The summed E-state index contributed by atoms with van der Waals surface area (Å²) in [5.74, 6) is -0.262. The lowest BCUT2D eigenvalue weighted by atomic mass is 9.97. The zero-order chi connectivity index (χ0) is 39.7. The molecule has 2 fully saturated rings. The molecule has 0 aliphatic carbocycles. The van der Waals surface area contributed by atoms with Gasteiger partial charge in [-0.25, -0.2) is 0 Å². The molecule has 0 bridgehead atoms.